The smallest absolute Gasteiger partial charge is 0.226 e. The van der Waals surface area contributed by atoms with E-state index in [0.717, 1.165) is 18.9 Å². The third-order valence-electron chi connectivity index (χ3n) is 3.66. The van der Waals surface area contributed by atoms with Crippen LogP contribution in [0.2, 0.25) is 0 Å². The number of halogens is 1. The number of carbonyl (C=O) groups is 1. The molecular formula is C15H21FN2O2. The number of rotatable bonds is 7. The average molecular weight is 280 g/mol. The summed E-state index contributed by atoms with van der Waals surface area (Å²) in [6.07, 6.45) is 5.33. The SMILES string of the molecule is Nc1cc(F)ccc1NC(=O)CCOCCC1CCC1. The molecule has 1 amide bonds. The second kappa shape index (κ2) is 7.24. The van der Waals surface area contributed by atoms with Gasteiger partial charge in [0.2, 0.25) is 5.91 Å². The predicted octanol–water partition coefficient (Wildman–Crippen LogP) is 2.94. The monoisotopic (exact) mass is 280 g/mol. The van der Waals surface area contributed by atoms with Crippen LogP contribution in [0.1, 0.15) is 32.1 Å². The van der Waals surface area contributed by atoms with E-state index < -0.39 is 5.82 Å². The average Bonchev–Trinajstić information content (AvgIpc) is 2.35. The number of hydrogen-bond donors (Lipinski definition) is 2. The van der Waals surface area contributed by atoms with E-state index in [0.29, 0.717) is 12.3 Å². The summed E-state index contributed by atoms with van der Waals surface area (Å²) in [4.78, 5) is 11.7. The van der Waals surface area contributed by atoms with Crippen molar-refractivity contribution in [2.45, 2.75) is 32.1 Å². The van der Waals surface area contributed by atoms with E-state index in [4.69, 9.17) is 10.5 Å². The van der Waals surface area contributed by atoms with Crippen LogP contribution >= 0.6 is 0 Å². The fraction of sp³-hybridized carbons (Fsp3) is 0.533. The molecule has 0 unspecified atom stereocenters. The zero-order chi connectivity index (χ0) is 14.4. The van der Waals surface area contributed by atoms with Gasteiger partial charge in [-0.3, -0.25) is 4.79 Å². The Bertz CT molecular complexity index is 461. The first kappa shape index (κ1) is 14.8. The Morgan fingerprint density at radius 3 is 2.85 bits per heavy atom. The van der Waals surface area contributed by atoms with Gasteiger partial charge in [0, 0.05) is 6.61 Å². The van der Waals surface area contributed by atoms with Crippen LogP contribution in [-0.4, -0.2) is 19.1 Å². The fourth-order valence-corrected chi connectivity index (χ4v) is 2.16. The van der Waals surface area contributed by atoms with Crippen molar-refractivity contribution in [3.63, 3.8) is 0 Å². The Balaban J connectivity index is 1.61. The van der Waals surface area contributed by atoms with Crippen LogP contribution in [0.25, 0.3) is 0 Å². The van der Waals surface area contributed by atoms with Gasteiger partial charge in [-0.05, 0) is 30.5 Å². The highest BCUT2D eigenvalue weighted by atomic mass is 19.1. The Morgan fingerprint density at radius 1 is 1.40 bits per heavy atom. The molecule has 3 N–H and O–H groups in total. The second-order valence-electron chi connectivity index (χ2n) is 5.23. The fourth-order valence-electron chi connectivity index (χ4n) is 2.16. The lowest BCUT2D eigenvalue weighted by Gasteiger charge is -2.24. The molecule has 2 rings (SSSR count). The normalized spacial score (nSPS) is 14.8. The van der Waals surface area contributed by atoms with Crippen molar-refractivity contribution in [3.8, 4) is 0 Å². The van der Waals surface area contributed by atoms with Crippen LogP contribution in [-0.2, 0) is 9.53 Å². The summed E-state index contributed by atoms with van der Waals surface area (Å²) in [7, 11) is 0. The highest BCUT2D eigenvalue weighted by molar-refractivity contribution is 5.93. The molecule has 110 valence electrons. The number of ether oxygens (including phenoxy) is 1. The summed E-state index contributed by atoms with van der Waals surface area (Å²) in [5.41, 5.74) is 6.28. The Hall–Kier alpha value is -1.62. The lowest BCUT2D eigenvalue weighted by atomic mass is 9.83. The number of anilines is 2. The molecule has 20 heavy (non-hydrogen) atoms. The standard InChI is InChI=1S/C15H21FN2O2/c16-12-4-5-14(13(17)10-12)18-15(19)7-9-20-8-6-11-2-1-3-11/h4-5,10-11H,1-3,6-9,17H2,(H,18,19). The van der Waals surface area contributed by atoms with Crippen LogP contribution in [0.5, 0.6) is 0 Å². The number of carbonyl (C=O) groups excluding carboxylic acids is 1. The van der Waals surface area contributed by atoms with Gasteiger partial charge in [-0.15, -0.1) is 0 Å². The van der Waals surface area contributed by atoms with Gasteiger partial charge in [0.15, 0.2) is 0 Å². The van der Waals surface area contributed by atoms with Crippen molar-refractivity contribution in [1.29, 1.82) is 0 Å². The first-order chi connectivity index (χ1) is 9.65. The van der Waals surface area contributed by atoms with Gasteiger partial charge in [-0.1, -0.05) is 19.3 Å². The molecular weight excluding hydrogens is 259 g/mol. The molecule has 0 radical (unpaired) electrons. The number of nitrogens with one attached hydrogen (secondary N) is 1. The first-order valence-corrected chi connectivity index (χ1v) is 7.08. The van der Waals surface area contributed by atoms with E-state index in [9.17, 15) is 9.18 Å². The van der Waals surface area contributed by atoms with E-state index in [2.05, 4.69) is 5.32 Å². The Morgan fingerprint density at radius 2 is 2.20 bits per heavy atom. The molecule has 0 atom stereocenters. The van der Waals surface area contributed by atoms with Crippen molar-refractivity contribution < 1.29 is 13.9 Å². The van der Waals surface area contributed by atoms with Crippen molar-refractivity contribution in [3.05, 3.63) is 24.0 Å². The lowest BCUT2D eigenvalue weighted by Crippen LogP contribution is -2.17. The number of nitrogens with two attached hydrogens (primary N) is 1. The summed E-state index contributed by atoms with van der Waals surface area (Å²) in [5.74, 6) is 0.231. The highest BCUT2D eigenvalue weighted by Gasteiger charge is 2.16. The molecule has 1 aliphatic carbocycles. The van der Waals surface area contributed by atoms with Gasteiger partial charge in [-0.25, -0.2) is 4.39 Å². The molecule has 0 spiro atoms. The van der Waals surface area contributed by atoms with Crippen molar-refractivity contribution in [2.24, 2.45) is 5.92 Å². The summed E-state index contributed by atoms with van der Waals surface area (Å²) in [6.45, 7) is 1.12. The number of benzene rings is 1. The molecule has 0 aromatic heterocycles. The molecule has 1 saturated carbocycles. The van der Waals surface area contributed by atoms with Crippen LogP contribution in [0.3, 0.4) is 0 Å². The number of nitrogen functional groups attached to an aromatic ring is 1. The van der Waals surface area contributed by atoms with Crippen LogP contribution in [0, 0.1) is 11.7 Å². The molecule has 4 nitrogen and oxygen atoms in total. The van der Waals surface area contributed by atoms with Crippen LogP contribution in [0.4, 0.5) is 15.8 Å². The summed E-state index contributed by atoms with van der Waals surface area (Å²) >= 11 is 0. The molecule has 0 heterocycles. The lowest BCUT2D eigenvalue weighted by molar-refractivity contribution is -0.117. The quantitative estimate of drug-likeness (QED) is 0.596. The third kappa shape index (κ3) is 4.49. The van der Waals surface area contributed by atoms with Crippen molar-refractivity contribution in [2.75, 3.05) is 24.3 Å². The molecule has 0 aliphatic heterocycles. The number of hydrogen-bond acceptors (Lipinski definition) is 3. The second-order valence-corrected chi connectivity index (χ2v) is 5.23. The molecule has 1 fully saturated rings. The summed E-state index contributed by atoms with van der Waals surface area (Å²) < 4.78 is 18.3. The minimum Gasteiger partial charge on any atom is -0.397 e. The molecule has 1 aliphatic rings. The van der Waals surface area contributed by atoms with Gasteiger partial charge in [-0.2, -0.15) is 0 Å². The summed E-state index contributed by atoms with van der Waals surface area (Å²) in [5, 5.41) is 2.65. The minimum absolute atomic E-state index is 0.174. The molecule has 0 bridgehead atoms. The Kier molecular flexibility index (Phi) is 5.35. The highest BCUT2D eigenvalue weighted by Crippen LogP contribution is 2.29. The number of amides is 1. The zero-order valence-electron chi connectivity index (χ0n) is 11.5. The van der Waals surface area contributed by atoms with Gasteiger partial charge in [0.05, 0.1) is 24.4 Å². The van der Waals surface area contributed by atoms with Crippen molar-refractivity contribution >= 4 is 17.3 Å². The van der Waals surface area contributed by atoms with Gasteiger partial charge < -0.3 is 15.8 Å². The minimum atomic E-state index is -0.417. The van der Waals surface area contributed by atoms with E-state index in [-0.39, 0.29) is 18.0 Å². The Labute approximate surface area is 118 Å². The third-order valence-corrected chi connectivity index (χ3v) is 3.66. The summed E-state index contributed by atoms with van der Waals surface area (Å²) in [6, 6.07) is 3.91. The van der Waals surface area contributed by atoms with Gasteiger partial charge in [0.1, 0.15) is 5.82 Å². The maximum Gasteiger partial charge on any atom is 0.226 e. The van der Waals surface area contributed by atoms with Crippen molar-refractivity contribution in [1.82, 2.24) is 0 Å². The maximum absolute atomic E-state index is 12.9. The molecule has 5 heteroatoms. The van der Waals surface area contributed by atoms with Gasteiger partial charge in [0.25, 0.3) is 0 Å². The predicted molar refractivity (Wildman–Crippen MR) is 76.8 cm³/mol. The first-order valence-electron chi connectivity index (χ1n) is 7.08. The van der Waals surface area contributed by atoms with E-state index >= 15 is 0 Å². The largest absolute Gasteiger partial charge is 0.397 e. The van der Waals surface area contributed by atoms with E-state index in [1.54, 1.807) is 0 Å². The molecule has 1 aromatic carbocycles. The van der Waals surface area contributed by atoms with E-state index in [1.807, 2.05) is 0 Å². The van der Waals surface area contributed by atoms with Crippen LogP contribution in [0.15, 0.2) is 18.2 Å². The topological polar surface area (TPSA) is 64.3 Å². The van der Waals surface area contributed by atoms with Crippen LogP contribution < -0.4 is 11.1 Å². The maximum atomic E-state index is 12.9. The molecule has 1 aromatic rings. The zero-order valence-corrected chi connectivity index (χ0v) is 11.5. The van der Waals surface area contributed by atoms with Gasteiger partial charge >= 0.3 is 0 Å². The molecule has 0 saturated heterocycles. The van der Waals surface area contributed by atoms with E-state index in [1.165, 1.54) is 37.5 Å².